The van der Waals surface area contributed by atoms with Crippen molar-refractivity contribution in [2.24, 2.45) is 5.16 Å². The Morgan fingerprint density at radius 3 is 2.12 bits per heavy atom. The first-order valence-electron chi connectivity index (χ1n) is 9.96. The Bertz CT molecular complexity index is 1240. The van der Waals surface area contributed by atoms with E-state index in [0.717, 1.165) is 28.8 Å². The molecule has 0 unspecified atom stereocenters. The minimum Gasteiger partial charge on any atom is -0.381 e. The lowest BCUT2D eigenvalue weighted by atomic mass is 9.90. The van der Waals surface area contributed by atoms with Crippen LogP contribution in [-0.4, -0.2) is 23.0 Å². The minimum absolute atomic E-state index is 0.184. The van der Waals surface area contributed by atoms with Crippen molar-refractivity contribution in [3.05, 3.63) is 89.0 Å². The number of carbonyl (C=O) groups is 2. The lowest BCUT2D eigenvalue weighted by Crippen LogP contribution is -2.33. The fourth-order valence-corrected chi connectivity index (χ4v) is 3.55. The van der Waals surface area contributed by atoms with Gasteiger partial charge in [0.2, 0.25) is 5.78 Å². The number of amides is 1. The molecule has 0 radical (unpaired) electrons. The molecule has 1 amide bonds. The molecule has 3 aromatic rings. The van der Waals surface area contributed by atoms with Crippen molar-refractivity contribution in [2.45, 2.75) is 26.4 Å². The highest BCUT2D eigenvalue weighted by Crippen LogP contribution is 2.30. The summed E-state index contributed by atoms with van der Waals surface area (Å²) < 4.78 is 27.7. The standard InChI is InChI=1S/C25H20F2N2O3/c1-14-17(6-4-7-18(14)22-23(30)25(2,3)32-29-22)15-10-12-16(13-11-15)28-24(31)21-19(26)8-5-9-20(21)27/h4-13H,1-3H3,(H,28,31). The van der Waals surface area contributed by atoms with E-state index in [9.17, 15) is 18.4 Å². The van der Waals surface area contributed by atoms with E-state index in [2.05, 4.69) is 10.5 Å². The number of ketones is 1. The molecule has 0 fully saturated rings. The van der Waals surface area contributed by atoms with E-state index in [1.54, 1.807) is 38.1 Å². The molecule has 5 nitrogen and oxygen atoms in total. The Morgan fingerprint density at radius 2 is 1.53 bits per heavy atom. The van der Waals surface area contributed by atoms with E-state index in [4.69, 9.17) is 4.84 Å². The number of rotatable bonds is 4. The zero-order valence-corrected chi connectivity index (χ0v) is 17.7. The topological polar surface area (TPSA) is 67.8 Å². The van der Waals surface area contributed by atoms with Crippen LogP contribution in [-0.2, 0) is 9.63 Å². The van der Waals surface area contributed by atoms with Gasteiger partial charge in [-0.1, -0.05) is 41.6 Å². The van der Waals surface area contributed by atoms with Crippen LogP contribution in [0.1, 0.15) is 35.3 Å². The van der Waals surface area contributed by atoms with Crippen LogP contribution in [0.5, 0.6) is 0 Å². The number of nitrogens with one attached hydrogen (secondary N) is 1. The van der Waals surface area contributed by atoms with Crippen molar-refractivity contribution in [1.82, 2.24) is 0 Å². The molecule has 0 aromatic heterocycles. The summed E-state index contributed by atoms with van der Waals surface area (Å²) in [6.07, 6.45) is 0. The van der Waals surface area contributed by atoms with E-state index in [1.807, 2.05) is 25.1 Å². The highest BCUT2D eigenvalue weighted by atomic mass is 19.1. The van der Waals surface area contributed by atoms with Gasteiger partial charge in [0, 0.05) is 11.3 Å². The summed E-state index contributed by atoms with van der Waals surface area (Å²) in [5.41, 5.74) is 2.30. The van der Waals surface area contributed by atoms with Crippen LogP contribution in [0, 0.1) is 18.6 Å². The van der Waals surface area contributed by atoms with Crippen LogP contribution in [0.2, 0.25) is 0 Å². The maximum atomic E-state index is 13.8. The second-order valence-corrected chi connectivity index (χ2v) is 7.98. The Morgan fingerprint density at radius 1 is 0.938 bits per heavy atom. The quantitative estimate of drug-likeness (QED) is 0.608. The predicted octanol–water partition coefficient (Wildman–Crippen LogP) is 5.27. The van der Waals surface area contributed by atoms with Crippen LogP contribution < -0.4 is 5.32 Å². The summed E-state index contributed by atoms with van der Waals surface area (Å²) in [6, 6.07) is 15.6. The van der Waals surface area contributed by atoms with Gasteiger partial charge in [0.15, 0.2) is 11.3 Å². The van der Waals surface area contributed by atoms with Crippen LogP contribution in [0.4, 0.5) is 14.5 Å². The van der Waals surface area contributed by atoms with Crippen LogP contribution in [0.15, 0.2) is 65.8 Å². The Hall–Kier alpha value is -3.87. The minimum atomic E-state index is -0.991. The molecule has 1 heterocycles. The SMILES string of the molecule is Cc1c(C2=NOC(C)(C)C2=O)cccc1-c1ccc(NC(=O)c2c(F)cccc2F)cc1. The Kier molecular flexibility index (Phi) is 5.34. The van der Waals surface area contributed by atoms with E-state index in [1.165, 1.54) is 6.07 Å². The van der Waals surface area contributed by atoms with E-state index < -0.39 is 28.7 Å². The van der Waals surface area contributed by atoms with Crippen molar-refractivity contribution in [3.8, 4) is 11.1 Å². The lowest BCUT2D eigenvalue weighted by Gasteiger charge is -2.14. The summed E-state index contributed by atoms with van der Waals surface area (Å²) in [5, 5.41) is 6.49. The summed E-state index contributed by atoms with van der Waals surface area (Å²) >= 11 is 0. The second-order valence-electron chi connectivity index (χ2n) is 7.98. The maximum absolute atomic E-state index is 13.8. The monoisotopic (exact) mass is 434 g/mol. The van der Waals surface area contributed by atoms with Gasteiger partial charge in [0.25, 0.3) is 5.91 Å². The molecule has 4 rings (SSSR count). The normalized spacial score (nSPS) is 14.7. The molecule has 1 aliphatic heterocycles. The number of anilines is 1. The second kappa shape index (κ2) is 8.00. The first-order valence-corrected chi connectivity index (χ1v) is 9.96. The highest BCUT2D eigenvalue weighted by molar-refractivity contribution is 6.49. The third-order valence-electron chi connectivity index (χ3n) is 5.36. The first kappa shape index (κ1) is 21.4. The Labute approximate surface area is 183 Å². The van der Waals surface area contributed by atoms with Gasteiger partial charge in [-0.15, -0.1) is 0 Å². The third-order valence-corrected chi connectivity index (χ3v) is 5.36. The number of halogens is 2. The summed E-state index contributed by atoms with van der Waals surface area (Å²) in [5.74, 6) is -2.91. The molecule has 0 spiro atoms. The molecular weight excluding hydrogens is 414 g/mol. The number of benzene rings is 3. The third kappa shape index (κ3) is 3.77. The van der Waals surface area contributed by atoms with Crippen molar-refractivity contribution >= 4 is 23.1 Å². The predicted molar refractivity (Wildman–Crippen MR) is 118 cm³/mol. The van der Waals surface area contributed by atoms with Gasteiger partial charge in [0.05, 0.1) is 0 Å². The van der Waals surface area contributed by atoms with Crippen molar-refractivity contribution in [2.75, 3.05) is 5.32 Å². The zero-order chi connectivity index (χ0) is 23.0. The highest BCUT2D eigenvalue weighted by Gasteiger charge is 2.40. The van der Waals surface area contributed by atoms with Crippen LogP contribution in [0.25, 0.3) is 11.1 Å². The molecule has 0 atom stereocenters. The molecule has 162 valence electrons. The zero-order valence-electron chi connectivity index (χ0n) is 17.7. The molecule has 32 heavy (non-hydrogen) atoms. The van der Waals surface area contributed by atoms with Gasteiger partial charge >= 0.3 is 0 Å². The fourth-order valence-electron chi connectivity index (χ4n) is 3.55. The van der Waals surface area contributed by atoms with Gasteiger partial charge in [-0.3, -0.25) is 9.59 Å². The van der Waals surface area contributed by atoms with Gasteiger partial charge in [-0.05, 0) is 61.7 Å². The summed E-state index contributed by atoms with van der Waals surface area (Å²) in [6.45, 7) is 5.23. The molecule has 0 bridgehead atoms. The van der Waals surface area contributed by atoms with E-state index in [0.29, 0.717) is 11.3 Å². The number of carbonyl (C=O) groups excluding carboxylic acids is 2. The van der Waals surface area contributed by atoms with Crippen LogP contribution in [0.3, 0.4) is 0 Å². The number of nitrogens with zero attached hydrogens (tertiary/aromatic N) is 1. The average molecular weight is 434 g/mol. The molecule has 3 aromatic carbocycles. The molecular formula is C25H20F2N2O3. The van der Waals surface area contributed by atoms with Crippen LogP contribution >= 0.6 is 0 Å². The fraction of sp³-hybridized carbons (Fsp3) is 0.160. The molecule has 0 aliphatic carbocycles. The van der Waals surface area contributed by atoms with E-state index in [-0.39, 0.29) is 11.5 Å². The van der Waals surface area contributed by atoms with Crippen molar-refractivity contribution < 1.29 is 23.2 Å². The largest absolute Gasteiger partial charge is 0.381 e. The van der Waals surface area contributed by atoms with Crippen molar-refractivity contribution in [3.63, 3.8) is 0 Å². The number of Topliss-reactive ketones (excluding diaryl/α,β-unsaturated/α-hetero) is 1. The number of oxime groups is 1. The summed E-state index contributed by atoms with van der Waals surface area (Å²) in [7, 11) is 0. The number of hydrogen-bond donors (Lipinski definition) is 1. The van der Waals surface area contributed by atoms with Gasteiger partial charge in [-0.25, -0.2) is 8.78 Å². The molecule has 1 N–H and O–H groups in total. The molecule has 1 aliphatic rings. The first-order chi connectivity index (χ1) is 15.2. The smallest absolute Gasteiger partial charge is 0.261 e. The molecule has 0 saturated heterocycles. The maximum Gasteiger partial charge on any atom is 0.261 e. The van der Waals surface area contributed by atoms with Crippen molar-refractivity contribution in [1.29, 1.82) is 0 Å². The summed E-state index contributed by atoms with van der Waals surface area (Å²) in [4.78, 5) is 30.2. The molecule has 0 saturated carbocycles. The average Bonchev–Trinajstić information content (AvgIpc) is 3.01. The van der Waals surface area contributed by atoms with E-state index >= 15 is 0 Å². The van der Waals surface area contributed by atoms with Gasteiger partial charge < -0.3 is 10.2 Å². The number of hydrogen-bond acceptors (Lipinski definition) is 4. The Balaban J connectivity index is 1.59. The van der Waals surface area contributed by atoms with Gasteiger partial charge in [0.1, 0.15) is 17.2 Å². The lowest BCUT2D eigenvalue weighted by molar-refractivity contribution is -0.128. The van der Waals surface area contributed by atoms with Gasteiger partial charge in [-0.2, -0.15) is 0 Å². The molecule has 7 heteroatoms.